The first-order valence-electron chi connectivity index (χ1n) is 6.14. The van der Waals surface area contributed by atoms with Gasteiger partial charge in [0, 0.05) is 0 Å². The molecule has 1 atom stereocenters. The SMILES string of the molecule is CC1(C)C(N)=N[C@@](C)(c2c(F)ccc(Br)c2F)CS1(=O)=O. The molecule has 8 heteroatoms. The Bertz CT molecular complexity index is 747. The van der Waals surface area contributed by atoms with Crippen LogP contribution in [0.1, 0.15) is 26.3 Å². The monoisotopic (exact) mass is 380 g/mol. The Balaban J connectivity index is 2.77. The third-order valence-electron chi connectivity index (χ3n) is 3.82. The molecule has 0 saturated carbocycles. The molecule has 2 rings (SSSR count). The summed E-state index contributed by atoms with van der Waals surface area (Å²) in [5, 5.41) is 0. The number of benzene rings is 1. The van der Waals surface area contributed by atoms with Crippen molar-refractivity contribution in [3.63, 3.8) is 0 Å². The first-order valence-corrected chi connectivity index (χ1v) is 8.59. The molecular weight excluding hydrogens is 366 g/mol. The van der Waals surface area contributed by atoms with Crippen molar-refractivity contribution in [3.05, 3.63) is 33.8 Å². The van der Waals surface area contributed by atoms with Gasteiger partial charge in [-0.05, 0) is 48.8 Å². The van der Waals surface area contributed by atoms with E-state index in [9.17, 15) is 17.2 Å². The number of nitrogens with zero attached hydrogens (tertiary/aromatic N) is 1. The Morgan fingerprint density at radius 3 is 2.38 bits per heavy atom. The Hall–Kier alpha value is -1.02. The summed E-state index contributed by atoms with van der Waals surface area (Å²) in [6.07, 6.45) is 0. The van der Waals surface area contributed by atoms with Gasteiger partial charge in [-0.1, -0.05) is 0 Å². The van der Waals surface area contributed by atoms with Crippen LogP contribution in [0.4, 0.5) is 8.78 Å². The average Bonchev–Trinajstić information content (AvgIpc) is 2.31. The lowest BCUT2D eigenvalue weighted by Crippen LogP contribution is -2.55. The van der Waals surface area contributed by atoms with Crippen LogP contribution in [0.2, 0.25) is 0 Å². The standard InChI is InChI=1S/C13H15BrF2N2O2S/c1-12(2)11(17)18-13(3,6-21(12,19)20)9-8(15)5-4-7(14)10(9)16/h4-5H,6H2,1-3H3,(H2,17,18)/t13-/m1/s1. The summed E-state index contributed by atoms with van der Waals surface area (Å²) < 4.78 is 51.8. The zero-order valence-corrected chi connectivity index (χ0v) is 14.1. The van der Waals surface area contributed by atoms with Crippen LogP contribution in [-0.4, -0.2) is 24.8 Å². The predicted octanol–water partition coefficient (Wildman–Crippen LogP) is 2.51. The highest BCUT2D eigenvalue weighted by molar-refractivity contribution is 9.10. The van der Waals surface area contributed by atoms with Gasteiger partial charge in [0.15, 0.2) is 9.84 Å². The van der Waals surface area contributed by atoms with Crippen molar-refractivity contribution in [1.82, 2.24) is 0 Å². The molecule has 0 amide bonds. The first-order chi connectivity index (χ1) is 9.42. The third-order valence-corrected chi connectivity index (χ3v) is 7.13. The lowest BCUT2D eigenvalue weighted by Gasteiger charge is -2.38. The van der Waals surface area contributed by atoms with Crippen molar-refractivity contribution < 1.29 is 17.2 Å². The molecule has 0 aromatic heterocycles. The van der Waals surface area contributed by atoms with Crippen LogP contribution in [0.25, 0.3) is 0 Å². The molecule has 0 saturated heterocycles. The average molecular weight is 381 g/mol. The van der Waals surface area contributed by atoms with Gasteiger partial charge in [0.2, 0.25) is 0 Å². The maximum absolute atomic E-state index is 14.3. The fourth-order valence-corrected chi connectivity index (χ4v) is 4.30. The maximum atomic E-state index is 14.3. The Labute approximate surface area is 130 Å². The van der Waals surface area contributed by atoms with Gasteiger partial charge in [0.25, 0.3) is 0 Å². The molecule has 0 unspecified atom stereocenters. The van der Waals surface area contributed by atoms with E-state index in [-0.39, 0.29) is 10.3 Å². The van der Waals surface area contributed by atoms with Crippen LogP contribution in [0, 0.1) is 11.6 Å². The van der Waals surface area contributed by atoms with E-state index in [1.165, 1.54) is 26.8 Å². The van der Waals surface area contributed by atoms with Gasteiger partial charge in [-0.3, -0.25) is 4.99 Å². The van der Waals surface area contributed by atoms with E-state index in [1.807, 2.05) is 0 Å². The van der Waals surface area contributed by atoms with Crippen LogP contribution in [0.5, 0.6) is 0 Å². The third kappa shape index (κ3) is 2.38. The Morgan fingerprint density at radius 1 is 1.29 bits per heavy atom. The molecule has 0 aliphatic carbocycles. The molecule has 4 nitrogen and oxygen atoms in total. The molecule has 1 heterocycles. The summed E-state index contributed by atoms with van der Waals surface area (Å²) in [5.41, 5.74) is 3.75. The Morgan fingerprint density at radius 2 is 1.86 bits per heavy atom. The van der Waals surface area contributed by atoms with Gasteiger partial charge in [0.1, 0.15) is 27.8 Å². The molecule has 1 aromatic rings. The zero-order chi connectivity index (χ0) is 16.2. The maximum Gasteiger partial charge on any atom is 0.165 e. The highest BCUT2D eigenvalue weighted by atomic mass is 79.9. The number of nitrogens with two attached hydrogens (primary N) is 1. The minimum absolute atomic E-state index is 0.0381. The minimum Gasteiger partial charge on any atom is -0.386 e. The molecule has 0 fully saturated rings. The second kappa shape index (κ2) is 4.74. The number of hydrogen-bond acceptors (Lipinski definition) is 4. The van der Waals surface area contributed by atoms with Gasteiger partial charge in [-0.2, -0.15) is 0 Å². The predicted molar refractivity (Wildman–Crippen MR) is 80.9 cm³/mol. The van der Waals surface area contributed by atoms with Crippen molar-refractivity contribution in [2.45, 2.75) is 31.1 Å². The van der Waals surface area contributed by atoms with Crippen molar-refractivity contribution in [2.24, 2.45) is 10.7 Å². The van der Waals surface area contributed by atoms with Gasteiger partial charge in [-0.25, -0.2) is 17.2 Å². The molecule has 2 N–H and O–H groups in total. The van der Waals surface area contributed by atoms with Crippen molar-refractivity contribution in [2.75, 3.05) is 5.75 Å². The van der Waals surface area contributed by atoms with Crippen LogP contribution in [-0.2, 0) is 15.4 Å². The van der Waals surface area contributed by atoms with E-state index < -0.39 is 43.1 Å². The molecule has 1 aliphatic rings. The van der Waals surface area contributed by atoms with Crippen molar-refractivity contribution in [1.29, 1.82) is 0 Å². The number of hydrogen-bond donors (Lipinski definition) is 1. The molecule has 116 valence electrons. The fraction of sp³-hybridized carbons (Fsp3) is 0.462. The van der Waals surface area contributed by atoms with E-state index in [0.29, 0.717) is 0 Å². The molecule has 1 aliphatic heterocycles. The number of halogens is 3. The van der Waals surface area contributed by atoms with E-state index in [2.05, 4.69) is 20.9 Å². The lowest BCUT2D eigenvalue weighted by molar-refractivity contribution is 0.444. The molecule has 0 radical (unpaired) electrons. The van der Waals surface area contributed by atoms with Crippen LogP contribution < -0.4 is 5.73 Å². The number of sulfone groups is 1. The second-order valence-corrected chi connectivity index (χ2v) is 9.15. The van der Waals surface area contributed by atoms with Gasteiger partial charge in [0.05, 0.1) is 15.8 Å². The topological polar surface area (TPSA) is 72.5 Å². The van der Waals surface area contributed by atoms with Gasteiger partial charge < -0.3 is 5.73 Å². The normalized spacial score (nSPS) is 27.2. The number of rotatable bonds is 1. The number of aliphatic imine (C=N–C) groups is 1. The number of amidine groups is 1. The summed E-state index contributed by atoms with van der Waals surface area (Å²) in [6.45, 7) is 4.21. The summed E-state index contributed by atoms with van der Waals surface area (Å²) in [7, 11) is -3.72. The largest absolute Gasteiger partial charge is 0.386 e. The van der Waals surface area contributed by atoms with E-state index in [1.54, 1.807) is 0 Å². The molecular formula is C13H15BrF2N2O2S. The van der Waals surface area contributed by atoms with Crippen molar-refractivity contribution >= 4 is 31.6 Å². The van der Waals surface area contributed by atoms with E-state index >= 15 is 0 Å². The van der Waals surface area contributed by atoms with E-state index in [4.69, 9.17) is 5.73 Å². The van der Waals surface area contributed by atoms with Crippen molar-refractivity contribution in [3.8, 4) is 0 Å². The van der Waals surface area contributed by atoms with Gasteiger partial charge >= 0.3 is 0 Å². The van der Waals surface area contributed by atoms with Crippen LogP contribution in [0.3, 0.4) is 0 Å². The Kier molecular flexibility index (Phi) is 3.69. The smallest absolute Gasteiger partial charge is 0.165 e. The van der Waals surface area contributed by atoms with Crippen LogP contribution in [0.15, 0.2) is 21.6 Å². The van der Waals surface area contributed by atoms with Crippen LogP contribution >= 0.6 is 15.9 Å². The first kappa shape index (κ1) is 16.4. The summed E-state index contributed by atoms with van der Waals surface area (Å²) in [6, 6.07) is 2.28. The lowest BCUT2D eigenvalue weighted by atomic mass is 9.92. The second-order valence-electron chi connectivity index (χ2n) is 5.76. The zero-order valence-electron chi connectivity index (χ0n) is 11.7. The quantitative estimate of drug-likeness (QED) is 0.760. The van der Waals surface area contributed by atoms with Gasteiger partial charge in [-0.15, -0.1) is 0 Å². The highest BCUT2D eigenvalue weighted by Gasteiger charge is 2.50. The summed E-state index contributed by atoms with van der Waals surface area (Å²) in [4.78, 5) is 4.11. The fourth-order valence-electron chi connectivity index (χ4n) is 2.29. The van der Waals surface area contributed by atoms with E-state index in [0.717, 1.165) is 6.07 Å². The molecule has 21 heavy (non-hydrogen) atoms. The highest BCUT2D eigenvalue weighted by Crippen LogP contribution is 2.40. The summed E-state index contributed by atoms with van der Waals surface area (Å²) in [5.74, 6) is -2.40. The molecule has 1 aromatic carbocycles. The molecule has 0 bridgehead atoms. The molecule has 0 spiro atoms. The minimum atomic E-state index is -3.72. The summed E-state index contributed by atoms with van der Waals surface area (Å²) >= 11 is 2.97.